The molecule has 0 radical (unpaired) electrons. The summed E-state index contributed by atoms with van der Waals surface area (Å²) in [5, 5.41) is 0. The third-order valence-corrected chi connectivity index (χ3v) is 10.2. The molecule has 2 saturated heterocycles. The van der Waals surface area contributed by atoms with Crippen LogP contribution in [0.3, 0.4) is 0 Å². The van der Waals surface area contributed by atoms with Crippen molar-refractivity contribution in [1.82, 2.24) is 0 Å². The van der Waals surface area contributed by atoms with Gasteiger partial charge in [-0.05, 0) is 74.5 Å². The number of esters is 5. The van der Waals surface area contributed by atoms with E-state index in [-0.39, 0.29) is 27.8 Å². The number of methoxy groups -OCH3 is 1. The summed E-state index contributed by atoms with van der Waals surface area (Å²) in [6.07, 6.45) is -13.9. The highest BCUT2D eigenvalue weighted by Crippen LogP contribution is 2.36. The Hall–Kier alpha value is -6.71. The Kier molecular flexibility index (Phi) is 14.2. The minimum atomic E-state index is -1.68. The zero-order valence-corrected chi connectivity index (χ0v) is 33.9. The van der Waals surface area contributed by atoms with Crippen LogP contribution in [-0.2, 0) is 42.6 Å². The first-order chi connectivity index (χ1) is 30.1. The molecule has 2 aliphatic rings. The minimum absolute atomic E-state index is 0.124. The number of rotatable bonds is 13. The van der Waals surface area contributed by atoms with Gasteiger partial charge >= 0.3 is 29.8 Å². The third kappa shape index (κ3) is 10.2. The van der Waals surface area contributed by atoms with Gasteiger partial charge in [-0.3, -0.25) is 0 Å². The fourth-order valence-corrected chi connectivity index (χ4v) is 7.09. The van der Waals surface area contributed by atoms with E-state index >= 15 is 0 Å². The van der Waals surface area contributed by atoms with Gasteiger partial charge < -0.3 is 42.6 Å². The maximum absolute atomic E-state index is 14.0. The Labute approximate surface area is 357 Å². The monoisotopic (exact) mass is 844 g/mol. The summed E-state index contributed by atoms with van der Waals surface area (Å²) in [4.78, 5) is 69.0. The van der Waals surface area contributed by atoms with Crippen molar-refractivity contribution < 1.29 is 66.6 Å². The maximum Gasteiger partial charge on any atom is 0.338 e. The van der Waals surface area contributed by atoms with Crippen molar-refractivity contribution in [2.45, 2.75) is 75.3 Å². The molecule has 5 aromatic rings. The normalized spacial score (nSPS) is 25.7. The van der Waals surface area contributed by atoms with Crippen molar-refractivity contribution in [2.24, 2.45) is 0 Å². The van der Waals surface area contributed by atoms with Crippen LogP contribution < -0.4 is 0 Å². The lowest BCUT2D eigenvalue weighted by atomic mass is 9.96. The molecular weight excluding hydrogens is 801 g/mol. The zero-order chi connectivity index (χ0) is 43.6. The molecule has 0 N–H and O–H groups in total. The maximum atomic E-state index is 14.0. The van der Waals surface area contributed by atoms with Crippen LogP contribution in [0.5, 0.6) is 0 Å². The number of carbonyl (C=O) groups excluding carboxylic acids is 5. The molecule has 14 nitrogen and oxygen atoms in total. The molecule has 5 aromatic carbocycles. The van der Waals surface area contributed by atoms with Crippen LogP contribution in [0.2, 0.25) is 0 Å². The summed E-state index contributed by atoms with van der Waals surface area (Å²) >= 11 is 0. The van der Waals surface area contributed by atoms with Crippen LogP contribution in [0.15, 0.2) is 152 Å². The summed E-state index contributed by atoms with van der Waals surface area (Å²) in [7, 11) is 1.34. The van der Waals surface area contributed by atoms with Crippen molar-refractivity contribution in [2.75, 3.05) is 7.11 Å². The van der Waals surface area contributed by atoms with Gasteiger partial charge in [-0.25, -0.2) is 24.0 Å². The third-order valence-electron chi connectivity index (χ3n) is 10.2. The van der Waals surface area contributed by atoms with Gasteiger partial charge in [0.1, 0.15) is 6.10 Å². The van der Waals surface area contributed by atoms with Crippen molar-refractivity contribution >= 4 is 29.8 Å². The minimum Gasteiger partial charge on any atom is -0.453 e. The van der Waals surface area contributed by atoms with Gasteiger partial charge in [0.05, 0.1) is 40.0 Å². The highest BCUT2D eigenvalue weighted by atomic mass is 16.8. The van der Waals surface area contributed by atoms with Crippen molar-refractivity contribution in [1.29, 1.82) is 0 Å². The first-order valence-corrected chi connectivity index (χ1v) is 19.9. The van der Waals surface area contributed by atoms with Crippen LogP contribution in [0.1, 0.15) is 65.6 Å². The fraction of sp³-hybridized carbons (Fsp3) is 0.271. The van der Waals surface area contributed by atoms with Crippen molar-refractivity contribution in [3.05, 3.63) is 179 Å². The van der Waals surface area contributed by atoms with E-state index in [1.165, 1.54) is 31.4 Å². The van der Waals surface area contributed by atoms with E-state index in [1.54, 1.807) is 141 Å². The van der Waals surface area contributed by atoms with Crippen LogP contribution >= 0.6 is 0 Å². The summed E-state index contributed by atoms with van der Waals surface area (Å²) in [5.41, 5.74) is 0.854. The molecule has 320 valence electrons. The molecule has 10 atom stereocenters. The van der Waals surface area contributed by atoms with Crippen LogP contribution in [-0.4, -0.2) is 98.4 Å². The number of carbonyl (C=O) groups is 5. The lowest BCUT2D eigenvalue weighted by Crippen LogP contribution is -2.66. The number of hydrogen-bond donors (Lipinski definition) is 0. The van der Waals surface area contributed by atoms with Crippen molar-refractivity contribution in [3.8, 4) is 0 Å². The van der Waals surface area contributed by atoms with Gasteiger partial charge in [-0.15, -0.1) is 0 Å². The lowest BCUT2D eigenvalue weighted by Gasteiger charge is -2.48. The van der Waals surface area contributed by atoms with Gasteiger partial charge in [0.15, 0.2) is 43.1 Å². The highest BCUT2D eigenvalue weighted by Gasteiger charge is 2.56. The van der Waals surface area contributed by atoms with Gasteiger partial charge in [0.2, 0.25) is 0 Å². The van der Waals surface area contributed by atoms with E-state index in [0.717, 1.165) is 0 Å². The van der Waals surface area contributed by atoms with E-state index in [2.05, 4.69) is 0 Å². The van der Waals surface area contributed by atoms with Gasteiger partial charge in [-0.2, -0.15) is 0 Å². The second-order valence-electron chi connectivity index (χ2n) is 14.4. The van der Waals surface area contributed by atoms with Crippen LogP contribution in [0.4, 0.5) is 0 Å². The molecule has 0 bridgehead atoms. The quantitative estimate of drug-likeness (QED) is 0.0914. The summed E-state index contributed by atoms with van der Waals surface area (Å²) in [6.45, 7) is 3.17. The molecule has 0 unspecified atom stereocenters. The molecule has 14 heteroatoms. The number of benzene rings is 5. The first kappa shape index (κ1) is 43.4. The van der Waals surface area contributed by atoms with E-state index in [0.29, 0.717) is 0 Å². The topological polar surface area (TPSA) is 168 Å². The molecule has 2 aliphatic heterocycles. The second kappa shape index (κ2) is 20.2. The highest BCUT2D eigenvalue weighted by molar-refractivity contribution is 5.92. The van der Waals surface area contributed by atoms with Gasteiger partial charge in [-0.1, -0.05) is 91.0 Å². The average Bonchev–Trinajstić information content (AvgIpc) is 3.31. The second-order valence-corrected chi connectivity index (χ2v) is 14.4. The molecule has 0 aromatic heterocycles. The van der Waals surface area contributed by atoms with E-state index in [4.69, 9.17) is 42.6 Å². The smallest absolute Gasteiger partial charge is 0.338 e. The van der Waals surface area contributed by atoms with E-state index < -0.39 is 91.3 Å². The summed E-state index contributed by atoms with van der Waals surface area (Å²) in [5.74, 6) is -4.03. The largest absolute Gasteiger partial charge is 0.453 e. The van der Waals surface area contributed by atoms with Gasteiger partial charge in [0.25, 0.3) is 0 Å². The first-order valence-electron chi connectivity index (χ1n) is 19.9. The summed E-state index contributed by atoms with van der Waals surface area (Å²) in [6, 6.07) is 40.5. The Morgan fingerprint density at radius 3 is 0.935 bits per heavy atom. The molecule has 62 heavy (non-hydrogen) atoms. The molecule has 0 spiro atoms. The molecule has 2 fully saturated rings. The van der Waals surface area contributed by atoms with E-state index in [1.807, 2.05) is 0 Å². The Morgan fingerprint density at radius 1 is 0.355 bits per heavy atom. The lowest BCUT2D eigenvalue weighted by molar-refractivity contribution is -0.349. The van der Waals surface area contributed by atoms with Crippen LogP contribution in [0, 0.1) is 0 Å². The molecule has 0 saturated carbocycles. The number of hydrogen-bond acceptors (Lipinski definition) is 14. The molecule has 0 amide bonds. The Bertz CT molecular complexity index is 2280. The zero-order valence-electron chi connectivity index (χ0n) is 33.9. The SMILES string of the molecule is CO[C@@H]1O[C@@H](C)[C@H](OC(=O)c2ccccc2)[C@@H](O[C@@H]2O[C@@H](C)[C@H](OC(=O)c3ccccc3)[C@@H](OC(=O)c3ccccc3)[C@H]2OC(=O)c2ccccc2)[C@H]1OC(=O)c1ccccc1. The van der Waals surface area contributed by atoms with Crippen LogP contribution in [0.25, 0.3) is 0 Å². The van der Waals surface area contributed by atoms with E-state index in [9.17, 15) is 24.0 Å². The number of ether oxygens (including phenoxy) is 9. The predicted molar refractivity (Wildman–Crippen MR) is 219 cm³/mol. The van der Waals surface area contributed by atoms with Gasteiger partial charge in [0, 0.05) is 7.11 Å². The fourth-order valence-electron chi connectivity index (χ4n) is 7.09. The predicted octanol–water partition coefficient (Wildman–Crippen LogP) is 6.64. The molecule has 2 heterocycles. The Balaban J connectivity index is 1.31. The molecular formula is C48H44O14. The Morgan fingerprint density at radius 2 is 0.613 bits per heavy atom. The molecule has 0 aliphatic carbocycles. The molecule has 7 rings (SSSR count). The standard InChI is InChI=1S/C48H44O14/c1-29-37(58-43(50)32-21-11-5-12-22-32)39(40(47(54-3)55-29)60-45(52)34-25-15-7-16-26-34)62-48-41(61-46(53)35-27-17-8-18-28-35)38(59-44(51)33-23-13-6-14-24-33)36(30(2)56-48)57-42(49)31-19-9-4-10-20-31/h4-30,36-41,47-48H,1-3H3/t29-,30-,36-,37-,38+,39+,40+,41+,47+,48-/m0/s1. The van der Waals surface area contributed by atoms with Crippen molar-refractivity contribution in [3.63, 3.8) is 0 Å². The summed E-state index contributed by atoms with van der Waals surface area (Å²) < 4.78 is 55.5. The average molecular weight is 845 g/mol.